The molecule has 0 spiro atoms. The second-order valence-electron chi connectivity index (χ2n) is 6.80. The zero-order valence-corrected chi connectivity index (χ0v) is 15.1. The molecule has 0 aliphatic carbocycles. The number of hydrogen-bond donors (Lipinski definition) is 1. The topological polar surface area (TPSA) is 103 Å². The zero-order chi connectivity index (χ0) is 18.8. The second kappa shape index (κ2) is 7.26. The number of anilines is 3. The Balaban J connectivity index is 1.64. The molecule has 1 fully saturated rings. The fraction of sp³-hybridized carbons (Fsp3) is 0.444. The first kappa shape index (κ1) is 17.3. The van der Waals surface area contributed by atoms with Gasteiger partial charge in [0, 0.05) is 24.8 Å². The van der Waals surface area contributed by atoms with E-state index >= 15 is 0 Å². The zero-order valence-electron chi connectivity index (χ0n) is 15.1. The first-order valence-corrected chi connectivity index (χ1v) is 9.03. The summed E-state index contributed by atoms with van der Waals surface area (Å²) in [5.41, 5.74) is 0.529. The predicted molar refractivity (Wildman–Crippen MR) is 100 cm³/mol. The van der Waals surface area contributed by atoms with Gasteiger partial charge >= 0.3 is 5.69 Å². The van der Waals surface area contributed by atoms with Crippen LogP contribution in [0.2, 0.25) is 0 Å². The molecule has 27 heavy (non-hydrogen) atoms. The first-order chi connectivity index (χ1) is 13.1. The number of fused-ring (bicyclic) bond motifs is 1. The van der Waals surface area contributed by atoms with Crippen LogP contribution in [0.5, 0.6) is 11.5 Å². The lowest BCUT2D eigenvalue weighted by molar-refractivity contribution is -0.383. The van der Waals surface area contributed by atoms with Gasteiger partial charge in [0.05, 0.1) is 4.92 Å². The number of nitro groups is 1. The molecule has 1 saturated heterocycles. The molecule has 142 valence electrons. The Bertz CT molecular complexity index is 852. The lowest BCUT2D eigenvalue weighted by Gasteiger charge is -2.30. The van der Waals surface area contributed by atoms with E-state index in [4.69, 9.17) is 9.47 Å². The summed E-state index contributed by atoms with van der Waals surface area (Å²) in [6.07, 6.45) is 3.35. The van der Waals surface area contributed by atoms with E-state index in [2.05, 4.69) is 22.2 Å². The summed E-state index contributed by atoms with van der Waals surface area (Å²) < 4.78 is 11.1. The Morgan fingerprint density at radius 2 is 1.93 bits per heavy atom. The van der Waals surface area contributed by atoms with Crippen molar-refractivity contribution in [3.8, 4) is 11.5 Å². The molecule has 9 nitrogen and oxygen atoms in total. The van der Waals surface area contributed by atoms with Gasteiger partial charge < -0.3 is 19.7 Å². The fourth-order valence-electron chi connectivity index (χ4n) is 3.34. The number of aromatic nitrogens is 2. The van der Waals surface area contributed by atoms with E-state index in [-0.39, 0.29) is 11.5 Å². The van der Waals surface area contributed by atoms with Crippen molar-refractivity contribution in [2.45, 2.75) is 19.8 Å². The number of benzene rings is 1. The maximum Gasteiger partial charge on any atom is 0.353 e. The van der Waals surface area contributed by atoms with Crippen molar-refractivity contribution >= 4 is 23.0 Å². The Morgan fingerprint density at radius 3 is 2.67 bits per heavy atom. The molecule has 0 amide bonds. The fourth-order valence-corrected chi connectivity index (χ4v) is 3.34. The van der Waals surface area contributed by atoms with Crippen LogP contribution in [0.25, 0.3) is 0 Å². The molecule has 1 aromatic carbocycles. The molecule has 3 heterocycles. The predicted octanol–water partition coefficient (Wildman–Crippen LogP) is 3.14. The average molecular weight is 371 g/mol. The average Bonchev–Trinajstić information content (AvgIpc) is 2.68. The minimum absolute atomic E-state index is 0.109. The smallest absolute Gasteiger partial charge is 0.353 e. The SMILES string of the molecule is CC1CCN(c2ncnc(Nc3ccc4c(c3)OCCO4)c2[N+](=O)[O-])CC1. The van der Waals surface area contributed by atoms with Gasteiger partial charge in [-0.2, -0.15) is 0 Å². The van der Waals surface area contributed by atoms with Crippen molar-refractivity contribution in [3.05, 3.63) is 34.6 Å². The highest BCUT2D eigenvalue weighted by atomic mass is 16.6. The molecule has 0 unspecified atom stereocenters. The minimum atomic E-state index is -0.423. The van der Waals surface area contributed by atoms with Crippen LogP contribution in [0.1, 0.15) is 19.8 Å². The van der Waals surface area contributed by atoms with Gasteiger partial charge in [0.2, 0.25) is 11.6 Å². The van der Waals surface area contributed by atoms with E-state index in [0.717, 1.165) is 25.9 Å². The summed E-state index contributed by atoms with van der Waals surface area (Å²) in [6.45, 7) is 4.68. The molecule has 2 aliphatic rings. The summed E-state index contributed by atoms with van der Waals surface area (Å²) in [5, 5.41) is 14.8. The van der Waals surface area contributed by atoms with Crippen molar-refractivity contribution in [2.24, 2.45) is 5.92 Å². The van der Waals surface area contributed by atoms with Gasteiger partial charge in [0.25, 0.3) is 0 Å². The second-order valence-corrected chi connectivity index (χ2v) is 6.80. The monoisotopic (exact) mass is 371 g/mol. The molecule has 0 bridgehead atoms. The molecule has 4 rings (SSSR count). The quantitative estimate of drug-likeness (QED) is 0.646. The summed E-state index contributed by atoms with van der Waals surface area (Å²) >= 11 is 0. The standard InChI is InChI=1S/C18H21N5O4/c1-12-4-6-22(7-5-12)18-16(23(24)25)17(19-11-20-18)21-13-2-3-14-15(10-13)27-9-8-26-14/h2-3,10-12H,4-9H2,1H3,(H,19,20,21). The Labute approximate surface area is 156 Å². The molecule has 1 N–H and O–H groups in total. The van der Waals surface area contributed by atoms with Crippen molar-refractivity contribution in [1.29, 1.82) is 0 Å². The van der Waals surface area contributed by atoms with Crippen LogP contribution in [-0.4, -0.2) is 41.2 Å². The van der Waals surface area contributed by atoms with E-state index in [0.29, 0.717) is 42.1 Å². The summed E-state index contributed by atoms with van der Waals surface area (Å²) in [7, 11) is 0. The molecule has 9 heteroatoms. The van der Waals surface area contributed by atoms with E-state index in [1.54, 1.807) is 18.2 Å². The normalized spacial score (nSPS) is 16.9. The van der Waals surface area contributed by atoms with Crippen molar-refractivity contribution in [2.75, 3.05) is 36.5 Å². The maximum absolute atomic E-state index is 11.8. The van der Waals surface area contributed by atoms with Gasteiger partial charge in [-0.3, -0.25) is 10.1 Å². The third-order valence-electron chi connectivity index (χ3n) is 4.87. The van der Waals surface area contributed by atoms with Crippen LogP contribution >= 0.6 is 0 Å². The van der Waals surface area contributed by atoms with Crippen LogP contribution < -0.4 is 19.7 Å². The van der Waals surface area contributed by atoms with Crippen LogP contribution in [-0.2, 0) is 0 Å². The van der Waals surface area contributed by atoms with Gasteiger partial charge in [-0.1, -0.05) is 6.92 Å². The number of rotatable bonds is 4. The summed E-state index contributed by atoms with van der Waals surface area (Å²) in [4.78, 5) is 21.7. The highest BCUT2D eigenvalue weighted by Gasteiger charge is 2.29. The van der Waals surface area contributed by atoms with Crippen LogP contribution in [0.4, 0.5) is 23.0 Å². The number of nitrogens with zero attached hydrogens (tertiary/aromatic N) is 4. The highest BCUT2D eigenvalue weighted by Crippen LogP contribution is 2.37. The highest BCUT2D eigenvalue weighted by molar-refractivity contribution is 5.75. The largest absolute Gasteiger partial charge is 0.486 e. The van der Waals surface area contributed by atoms with Crippen LogP contribution in [0, 0.1) is 16.0 Å². The Hall–Kier alpha value is -3.10. The van der Waals surface area contributed by atoms with Crippen LogP contribution in [0.15, 0.2) is 24.5 Å². The summed E-state index contributed by atoms with van der Waals surface area (Å²) in [5.74, 6) is 2.42. The number of hydrogen-bond acceptors (Lipinski definition) is 8. The van der Waals surface area contributed by atoms with E-state index in [1.807, 2.05) is 4.90 Å². The molecule has 2 aliphatic heterocycles. The lowest BCUT2D eigenvalue weighted by atomic mass is 9.99. The molecule has 1 aromatic heterocycles. The van der Waals surface area contributed by atoms with Gasteiger partial charge in [-0.15, -0.1) is 0 Å². The van der Waals surface area contributed by atoms with Crippen molar-refractivity contribution in [1.82, 2.24) is 9.97 Å². The molecular weight excluding hydrogens is 350 g/mol. The van der Waals surface area contributed by atoms with Gasteiger partial charge in [0.1, 0.15) is 19.5 Å². The molecule has 0 radical (unpaired) electrons. The van der Waals surface area contributed by atoms with Crippen molar-refractivity contribution < 1.29 is 14.4 Å². The van der Waals surface area contributed by atoms with Gasteiger partial charge in [-0.25, -0.2) is 9.97 Å². The third-order valence-corrected chi connectivity index (χ3v) is 4.87. The molecule has 2 aromatic rings. The van der Waals surface area contributed by atoms with E-state index < -0.39 is 4.92 Å². The Morgan fingerprint density at radius 1 is 1.19 bits per heavy atom. The molecule has 0 atom stereocenters. The minimum Gasteiger partial charge on any atom is -0.486 e. The first-order valence-electron chi connectivity index (χ1n) is 9.03. The lowest BCUT2D eigenvalue weighted by Crippen LogP contribution is -2.34. The number of nitrogens with one attached hydrogen (secondary N) is 1. The third kappa shape index (κ3) is 3.57. The summed E-state index contributed by atoms with van der Waals surface area (Å²) in [6, 6.07) is 5.31. The number of ether oxygens (including phenoxy) is 2. The van der Waals surface area contributed by atoms with E-state index in [9.17, 15) is 10.1 Å². The molecule has 0 saturated carbocycles. The van der Waals surface area contributed by atoms with E-state index in [1.165, 1.54) is 6.33 Å². The maximum atomic E-state index is 11.8. The number of piperidine rings is 1. The Kier molecular flexibility index (Phi) is 4.66. The van der Waals surface area contributed by atoms with Crippen molar-refractivity contribution in [3.63, 3.8) is 0 Å². The van der Waals surface area contributed by atoms with Gasteiger partial charge in [-0.05, 0) is 30.9 Å². The van der Waals surface area contributed by atoms with Gasteiger partial charge in [0.15, 0.2) is 11.5 Å². The van der Waals surface area contributed by atoms with Crippen LogP contribution in [0.3, 0.4) is 0 Å². The molecular formula is C18H21N5O4.